The molecule has 0 aliphatic rings. The van der Waals surface area contributed by atoms with Gasteiger partial charge in [-0.15, -0.1) is 0 Å². The maximum Gasteiger partial charge on any atom is 0.268 e. The average Bonchev–Trinajstić information content (AvgIpc) is 3.79. The lowest BCUT2D eigenvalue weighted by molar-refractivity contribution is 0.587. The Morgan fingerprint density at radius 3 is 1.32 bits per heavy atom. The SMILES string of the molecule is Cc1ccc(S(=O)(=O)Nc2ccccc2CC(c2cn(S(=O)(=O)c3ccc(C)cc3)c3ccccc23)c2cn(S(=O)(=O)c3ccc(C)cc3)c3ccccc23)cc1. The van der Waals surface area contributed by atoms with E-state index in [1.54, 1.807) is 122 Å². The third-order valence-corrected chi connectivity index (χ3v) is 15.1. The molecule has 0 bridgehead atoms. The van der Waals surface area contributed by atoms with Gasteiger partial charge in [-0.1, -0.05) is 108 Å². The molecule has 0 unspecified atom stereocenters. The molecular weight excluding hydrogens is 775 g/mol. The number of rotatable bonds is 11. The molecule has 57 heavy (non-hydrogen) atoms. The third kappa shape index (κ3) is 7.05. The number of benzene rings is 6. The molecule has 0 fully saturated rings. The Kier molecular flexibility index (Phi) is 9.67. The van der Waals surface area contributed by atoms with E-state index in [4.69, 9.17) is 0 Å². The summed E-state index contributed by atoms with van der Waals surface area (Å²) in [5.41, 5.74) is 5.85. The van der Waals surface area contributed by atoms with Crippen LogP contribution in [-0.4, -0.2) is 33.2 Å². The van der Waals surface area contributed by atoms with Crippen LogP contribution >= 0.6 is 0 Å². The average molecular weight is 814 g/mol. The van der Waals surface area contributed by atoms with Gasteiger partial charge in [0.1, 0.15) is 0 Å². The van der Waals surface area contributed by atoms with E-state index in [-0.39, 0.29) is 21.1 Å². The molecule has 288 valence electrons. The minimum atomic E-state index is -4.09. The van der Waals surface area contributed by atoms with E-state index in [9.17, 15) is 25.3 Å². The molecule has 2 aromatic heterocycles. The number of nitrogens with zero attached hydrogens (tertiary/aromatic N) is 2. The predicted octanol–water partition coefficient (Wildman–Crippen LogP) is 9.17. The molecule has 6 aromatic carbocycles. The topological polar surface area (TPSA) is 124 Å². The standard InChI is InChI=1S/C45H39N3O6S3/c1-31-16-22-35(23-17-31)55(49,50)46-43-13-7-4-10-34(43)28-40(41-29-47(44-14-8-5-11-38(41)44)56(51,52)36-24-18-32(2)19-25-36)42-30-48(45-15-9-6-12-39(42)45)57(53,54)37-26-20-33(3)21-27-37/h4-27,29-30,40,46H,28H2,1-3H3. The molecule has 0 saturated heterocycles. The fourth-order valence-electron chi connectivity index (χ4n) is 7.28. The van der Waals surface area contributed by atoms with Gasteiger partial charge in [0.15, 0.2) is 0 Å². The van der Waals surface area contributed by atoms with Gasteiger partial charge in [-0.3, -0.25) is 4.72 Å². The zero-order chi connectivity index (χ0) is 40.1. The fraction of sp³-hybridized carbons (Fsp3) is 0.111. The third-order valence-electron chi connectivity index (χ3n) is 10.3. The Hall–Kier alpha value is -5.95. The van der Waals surface area contributed by atoms with Crippen molar-refractivity contribution in [2.24, 2.45) is 0 Å². The van der Waals surface area contributed by atoms with Crippen molar-refractivity contribution in [1.82, 2.24) is 7.94 Å². The highest BCUT2D eigenvalue weighted by Gasteiger charge is 2.31. The fourth-order valence-corrected chi connectivity index (χ4v) is 11.1. The quantitative estimate of drug-likeness (QED) is 0.139. The minimum Gasteiger partial charge on any atom is -0.279 e. The zero-order valence-electron chi connectivity index (χ0n) is 31.4. The van der Waals surface area contributed by atoms with Crippen molar-refractivity contribution in [3.63, 3.8) is 0 Å². The first kappa shape index (κ1) is 37.9. The molecule has 9 nitrogen and oxygen atoms in total. The van der Waals surface area contributed by atoms with E-state index in [1.165, 1.54) is 7.94 Å². The van der Waals surface area contributed by atoms with Gasteiger partial charge in [0, 0.05) is 29.1 Å². The largest absolute Gasteiger partial charge is 0.279 e. The lowest BCUT2D eigenvalue weighted by Gasteiger charge is -2.20. The van der Waals surface area contributed by atoms with Gasteiger partial charge in [-0.2, -0.15) is 0 Å². The van der Waals surface area contributed by atoms with Crippen LogP contribution in [0.1, 0.15) is 39.3 Å². The number of nitrogens with one attached hydrogen (secondary N) is 1. The molecule has 0 aliphatic carbocycles. The Labute approximate surface area is 333 Å². The Bertz CT molecular complexity index is 2980. The van der Waals surface area contributed by atoms with Crippen molar-refractivity contribution in [3.8, 4) is 0 Å². The highest BCUT2D eigenvalue weighted by molar-refractivity contribution is 7.92. The summed E-state index contributed by atoms with van der Waals surface area (Å²) in [6, 6.07) is 41.4. The molecule has 1 N–H and O–H groups in total. The summed E-state index contributed by atoms with van der Waals surface area (Å²) in [6.07, 6.45) is 3.40. The summed E-state index contributed by atoms with van der Waals surface area (Å²) in [7, 11) is -12.2. The second-order valence-electron chi connectivity index (χ2n) is 14.3. The van der Waals surface area contributed by atoms with Gasteiger partial charge in [-0.25, -0.2) is 33.2 Å². The first-order valence-corrected chi connectivity index (χ1v) is 22.6. The highest BCUT2D eigenvalue weighted by Crippen LogP contribution is 2.42. The lowest BCUT2D eigenvalue weighted by atomic mass is 9.85. The Balaban J connectivity index is 1.35. The van der Waals surface area contributed by atoms with Crippen molar-refractivity contribution in [2.75, 3.05) is 4.72 Å². The van der Waals surface area contributed by atoms with E-state index in [1.807, 2.05) is 57.2 Å². The minimum absolute atomic E-state index is 0.105. The van der Waals surface area contributed by atoms with Crippen molar-refractivity contribution in [3.05, 3.63) is 191 Å². The molecule has 12 heteroatoms. The van der Waals surface area contributed by atoms with E-state index < -0.39 is 36.0 Å². The number of aryl methyl sites for hydroxylation is 3. The molecule has 0 atom stereocenters. The summed E-state index contributed by atoms with van der Waals surface area (Å²) in [5, 5.41) is 1.29. The number of aromatic nitrogens is 2. The number of para-hydroxylation sites is 3. The van der Waals surface area contributed by atoms with Crippen LogP contribution in [0.15, 0.2) is 173 Å². The number of hydrogen-bond donors (Lipinski definition) is 1. The number of hydrogen-bond acceptors (Lipinski definition) is 6. The van der Waals surface area contributed by atoms with Crippen molar-refractivity contribution >= 4 is 57.6 Å². The summed E-state index contributed by atoms with van der Waals surface area (Å²) in [5.74, 6) is -0.672. The second-order valence-corrected chi connectivity index (χ2v) is 19.6. The first-order chi connectivity index (χ1) is 27.2. The second kappa shape index (κ2) is 14.5. The lowest BCUT2D eigenvalue weighted by Crippen LogP contribution is -2.15. The zero-order valence-corrected chi connectivity index (χ0v) is 33.8. The Morgan fingerprint density at radius 2 is 0.860 bits per heavy atom. The monoisotopic (exact) mass is 813 g/mol. The maximum atomic E-state index is 14.4. The van der Waals surface area contributed by atoms with Crippen LogP contribution in [-0.2, 0) is 36.5 Å². The molecule has 0 saturated carbocycles. The Morgan fingerprint density at radius 1 is 0.474 bits per heavy atom. The van der Waals surface area contributed by atoms with Crippen molar-refractivity contribution in [2.45, 2.75) is 47.8 Å². The van der Waals surface area contributed by atoms with Gasteiger partial charge in [-0.05, 0) is 98.5 Å². The smallest absolute Gasteiger partial charge is 0.268 e. The van der Waals surface area contributed by atoms with Crippen LogP contribution in [0.4, 0.5) is 5.69 Å². The van der Waals surface area contributed by atoms with Crippen LogP contribution in [0.25, 0.3) is 21.8 Å². The van der Waals surface area contributed by atoms with E-state index in [0.29, 0.717) is 44.2 Å². The normalized spacial score (nSPS) is 12.4. The summed E-state index contributed by atoms with van der Waals surface area (Å²) >= 11 is 0. The number of sulfonamides is 1. The van der Waals surface area contributed by atoms with E-state index in [0.717, 1.165) is 16.7 Å². The van der Waals surface area contributed by atoms with Gasteiger partial charge in [0.2, 0.25) is 0 Å². The summed E-state index contributed by atoms with van der Waals surface area (Å²) < 4.78 is 90.4. The molecular formula is C45H39N3O6S3. The molecule has 8 rings (SSSR count). The van der Waals surface area contributed by atoms with Crippen LogP contribution in [0.2, 0.25) is 0 Å². The highest BCUT2D eigenvalue weighted by atomic mass is 32.2. The summed E-state index contributed by atoms with van der Waals surface area (Å²) in [4.78, 5) is 0.343. The van der Waals surface area contributed by atoms with Crippen LogP contribution < -0.4 is 4.72 Å². The first-order valence-electron chi connectivity index (χ1n) is 18.3. The van der Waals surface area contributed by atoms with Gasteiger partial charge >= 0.3 is 0 Å². The van der Waals surface area contributed by atoms with Gasteiger partial charge in [0.05, 0.1) is 31.4 Å². The van der Waals surface area contributed by atoms with E-state index in [2.05, 4.69) is 4.72 Å². The predicted molar refractivity (Wildman–Crippen MR) is 225 cm³/mol. The van der Waals surface area contributed by atoms with Crippen molar-refractivity contribution < 1.29 is 25.3 Å². The molecule has 0 radical (unpaired) electrons. The maximum absolute atomic E-state index is 14.4. The molecule has 0 aliphatic heterocycles. The van der Waals surface area contributed by atoms with Crippen LogP contribution in [0.3, 0.4) is 0 Å². The number of fused-ring (bicyclic) bond motifs is 2. The molecule has 8 aromatic rings. The van der Waals surface area contributed by atoms with Crippen molar-refractivity contribution in [1.29, 1.82) is 0 Å². The number of anilines is 1. The van der Waals surface area contributed by atoms with Gasteiger partial charge < -0.3 is 0 Å². The summed E-state index contributed by atoms with van der Waals surface area (Å²) in [6.45, 7) is 5.65. The molecule has 0 spiro atoms. The van der Waals surface area contributed by atoms with Crippen LogP contribution in [0.5, 0.6) is 0 Å². The van der Waals surface area contributed by atoms with Gasteiger partial charge in [0.25, 0.3) is 30.1 Å². The molecule has 2 heterocycles. The molecule has 0 amide bonds. The van der Waals surface area contributed by atoms with Crippen LogP contribution in [0, 0.1) is 20.8 Å². The van der Waals surface area contributed by atoms with E-state index >= 15 is 0 Å².